The van der Waals surface area contributed by atoms with Crippen molar-refractivity contribution < 1.29 is 40.2 Å². The molecule has 37 heavy (non-hydrogen) atoms. The molecule has 3 heterocycles. The minimum atomic E-state index is -4.97. The standard InChI is InChI=1S/C24H20BrF6N3O3/c1-14-8-4-3-7-11-22(24(29,30)31,35-13-15-9-5-2-6-10-15)21-34-33-20(37-21)18-17(25)12-16(23(26,27)28)19(32-18)36-14/h2-6,9-10,12,14H,7-8,11,13H2,1H3/t14-,22-/m1/s1. The predicted octanol–water partition coefficient (Wildman–Crippen LogP) is 7.39. The van der Waals surface area contributed by atoms with Gasteiger partial charge >= 0.3 is 12.4 Å². The normalized spacial score (nSPS) is 20.8. The van der Waals surface area contributed by atoms with Crippen molar-refractivity contribution >= 4 is 15.9 Å². The molecule has 0 unspecified atom stereocenters. The van der Waals surface area contributed by atoms with Crippen LogP contribution in [0.1, 0.15) is 43.2 Å². The van der Waals surface area contributed by atoms with E-state index in [9.17, 15) is 26.3 Å². The topological polar surface area (TPSA) is 70.3 Å². The lowest BCUT2D eigenvalue weighted by molar-refractivity contribution is -0.299. The van der Waals surface area contributed by atoms with Crippen LogP contribution in [-0.2, 0) is 23.1 Å². The molecule has 0 saturated heterocycles. The van der Waals surface area contributed by atoms with E-state index in [2.05, 4.69) is 31.1 Å². The van der Waals surface area contributed by atoms with Crippen LogP contribution in [0.25, 0.3) is 11.6 Å². The third-order valence-electron chi connectivity index (χ3n) is 5.62. The van der Waals surface area contributed by atoms with Gasteiger partial charge in [-0.2, -0.15) is 26.3 Å². The van der Waals surface area contributed by atoms with Gasteiger partial charge in [-0.25, -0.2) is 4.98 Å². The lowest BCUT2D eigenvalue weighted by Gasteiger charge is -2.32. The Kier molecular flexibility index (Phi) is 7.65. The number of ether oxygens (including phenoxy) is 2. The molecule has 0 spiro atoms. The van der Waals surface area contributed by atoms with Crippen molar-refractivity contribution in [2.24, 2.45) is 0 Å². The average Bonchev–Trinajstić information content (AvgIpc) is 3.30. The van der Waals surface area contributed by atoms with Gasteiger partial charge in [-0.05, 0) is 47.3 Å². The summed E-state index contributed by atoms with van der Waals surface area (Å²) in [6, 6.07) is 8.96. The Morgan fingerprint density at radius 2 is 1.81 bits per heavy atom. The molecule has 1 aliphatic heterocycles. The first-order valence-electron chi connectivity index (χ1n) is 11.1. The Labute approximate surface area is 215 Å². The molecule has 6 nitrogen and oxygen atoms in total. The Morgan fingerprint density at radius 1 is 1.08 bits per heavy atom. The second-order valence-electron chi connectivity index (χ2n) is 8.35. The maximum Gasteiger partial charge on any atom is 0.426 e. The predicted molar refractivity (Wildman–Crippen MR) is 122 cm³/mol. The first kappa shape index (κ1) is 27.1. The number of halogens is 7. The molecule has 2 atom stereocenters. The maximum absolute atomic E-state index is 14.6. The minimum absolute atomic E-state index is 0.0974. The van der Waals surface area contributed by atoms with Gasteiger partial charge in [0.2, 0.25) is 11.5 Å². The number of aromatic nitrogens is 3. The third kappa shape index (κ3) is 5.82. The van der Waals surface area contributed by atoms with Crippen LogP contribution in [0, 0.1) is 0 Å². The van der Waals surface area contributed by atoms with E-state index in [4.69, 9.17) is 13.9 Å². The summed E-state index contributed by atoms with van der Waals surface area (Å²) >= 11 is 2.99. The number of hydrogen-bond donors (Lipinski definition) is 0. The number of benzene rings is 1. The Hall–Kier alpha value is -2.93. The minimum Gasteiger partial charge on any atom is -0.474 e. The van der Waals surface area contributed by atoms with Gasteiger partial charge in [0.05, 0.1) is 6.61 Å². The van der Waals surface area contributed by atoms with Gasteiger partial charge in [-0.3, -0.25) is 0 Å². The molecule has 0 aliphatic carbocycles. The van der Waals surface area contributed by atoms with E-state index in [1.165, 1.54) is 19.1 Å². The molecule has 0 saturated carbocycles. The fraction of sp³-hybridized carbons (Fsp3) is 0.375. The summed E-state index contributed by atoms with van der Waals surface area (Å²) in [4.78, 5) is 3.89. The monoisotopic (exact) mass is 591 g/mol. The molecule has 4 bridgehead atoms. The summed E-state index contributed by atoms with van der Waals surface area (Å²) in [7, 11) is 0. The molecule has 0 radical (unpaired) electrons. The highest BCUT2D eigenvalue weighted by Gasteiger charge is 2.61. The van der Waals surface area contributed by atoms with Crippen LogP contribution in [0.15, 0.2) is 57.4 Å². The second-order valence-corrected chi connectivity index (χ2v) is 9.21. The van der Waals surface area contributed by atoms with Gasteiger partial charge in [0.25, 0.3) is 11.8 Å². The largest absolute Gasteiger partial charge is 0.474 e. The average molecular weight is 592 g/mol. The number of rotatable bonds is 3. The van der Waals surface area contributed by atoms with Crippen molar-refractivity contribution in [2.75, 3.05) is 0 Å². The number of allylic oxidation sites excluding steroid dienone is 1. The second kappa shape index (κ2) is 10.4. The summed E-state index contributed by atoms with van der Waals surface area (Å²) < 4.78 is 101. The van der Waals surface area contributed by atoms with Crippen LogP contribution >= 0.6 is 15.9 Å². The molecule has 0 fully saturated rings. The fourth-order valence-corrected chi connectivity index (χ4v) is 4.18. The van der Waals surface area contributed by atoms with Gasteiger partial charge in [-0.1, -0.05) is 42.5 Å². The zero-order valence-electron chi connectivity index (χ0n) is 19.2. The Morgan fingerprint density at radius 3 is 2.49 bits per heavy atom. The van der Waals surface area contributed by atoms with Gasteiger partial charge in [0.1, 0.15) is 17.4 Å². The molecule has 2 aromatic heterocycles. The van der Waals surface area contributed by atoms with Crippen molar-refractivity contribution in [3.05, 3.63) is 70.0 Å². The maximum atomic E-state index is 14.6. The van der Waals surface area contributed by atoms with Crippen molar-refractivity contribution in [1.82, 2.24) is 15.2 Å². The first-order valence-corrected chi connectivity index (χ1v) is 11.9. The zero-order valence-corrected chi connectivity index (χ0v) is 20.8. The summed E-state index contributed by atoms with van der Waals surface area (Å²) in [5.41, 5.74) is -3.96. The number of hydrogen-bond acceptors (Lipinski definition) is 6. The zero-order chi connectivity index (χ0) is 26.8. The molecule has 3 aromatic rings. The highest BCUT2D eigenvalue weighted by Crippen LogP contribution is 2.47. The first-order chi connectivity index (χ1) is 17.4. The van der Waals surface area contributed by atoms with Crippen molar-refractivity contribution in [2.45, 2.75) is 56.9 Å². The number of alkyl halides is 6. The van der Waals surface area contributed by atoms with Crippen LogP contribution < -0.4 is 4.74 Å². The van der Waals surface area contributed by atoms with Gasteiger partial charge in [0, 0.05) is 10.9 Å². The molecular weight excluding hydrogens is 572 g/mol. The summed E-state index contributed by atoms with van der Waals surface area (Å²) in [5, 5.41) is 7.28. The van der Waals surface area contributed by atoms with Crippen molar-refractivity contribution in [3.8, 4) is 17.5 Å². The third-order valence-corrected chi connectivity index (χ3v) is 6.22. The van der Waals surface area contributed by atoms with Gasteiger partial charge < -0.3 is 13.9 Å². The highest BCUT2D eigenvalue weighted by atomic mass is 79.9. The summed E-state index contributed by atoms with van der Waals surface area (Å²) in [6.45, 7) is 1.12. The molecule has 198 valence electrons. The fourth-order valence-electron chi connectivity index (χ4n) is 3.69. The van der Waals surface area contributed by atoms with E-state index >= 15 is 0 Å². The molecule has 1 aliphatic rings. The van der Waals surface area contributed by atoms with Crippen LogP contribution in [0.5, 0.6) is 5.88 Å². The summed E-state index contributed by atoms with van der Waals surface area (Å²) in [5.74, 6) is -2.18. The van der Waals surface area contributed by atoms with Crippen LogP contribution in [0.3, 0.4) is 0 Å². The smallest absolute Gasteiger partial charge is 0.426 e. The molecule has 0 amide bonds. The van der Waals surface area contributed by atoms with E-state index in [1.807, 2.05) is 0 Å². The van der Waals surface area contributed by atoms with E-state index < -0.39 is 60.3 Å². The SMILES string of the molecule is C[C@@H]1CC=CCC[C@](OCc2ccccc2)(C(F)(F)F)c2nnc(o2)-c2nc(c(C(F)(F)F)cc2Br)O1. The molecule has 0 N–H and O–H groups in total. The van der Waals surface area contributed by atoms with E-state index in [0.29, 0.717) is 11.6 Å². The van der Waals surface area contributed by atoms with Gasteiger partial charge in [0.15, 0.2) is 0 Å². The Bertz CT molecular complexity index is 1260. The van der Waals surface area contributed by atoms with Crippen molar-refractivity contribution in [3.63, 3.8) is 0 Å². The summed E-state index contributed by atoms with van der Waals surface area (Å²) in [6.07, 6.45) is -8.08. The number of fused-ring (bicyclic) bond motifs is 5. The molecule has 4 rings (SSSR count). The van der Waals surface area contributed by atoms with E-state index in [1.54, 1.807) is 30.3 Å². The number of nitrogens with zero attached hydrogens (tertiary/aromatic N) is 3. The van der Waals surface area contributed by atoms with E-state index in [-0.39, 0.29) is 23.0 Å². The van der Waals surface area contributed by atoms with Crippen LogP contribution in [-0.4, -0.2) is 27.5 Å². The lowest BCUT2D eigenvalue weighted by Crippen LogP contribution is -2.45. The van der Waals surface area contributed by atoms with Gasteiger partial charge in [-0.15, -0.1) is 10.2 Å². The number of pyridine rings is 1. The molecular formula is C24H20BrF6N3O3. The van der Waals surface area contributed by atoms with Crippen molar-refractivity contribution in [1.29, 1.82) is 0 Å². The lowest BCUT2D eigenvalue weighted by atomic mass is 9.95. The quantitative estimate of drug-likeness (QED) is 0.233. The van der Waals surface area contributed by atoms with E-state index in [0.717, 1.165) is 0 Å². The molecule has 1 aromatic carbocycles. The van der Waals surface area contributed by atoms with Crippen LogP contribution in [0.4, 0.5) is 26.3 Å². The highest BCUT2D eigenvalue weighted by molar-refractivity contribution is 9.10. The van der Waals surface area contributed by atoms with Crippen LogP contribution in [0.2, 0.25) is 0 Å². The Balaban J connectivity index is 1.85. The molecule has 13 heteroatoms.